The minimum absolute atomic E-state index is 0. The number of thioether (sulfide) groups is 1. The van der Waals surface area contributed by atoms with Gasteiger partial charge in [-0.2, -0.15) is 0 Å². The number of nitrogens with two attached hydrogens (primary N) is 1. The molecule has 0 fully saturated rings. The van der Waals surface area contributed by atoms with Gasteiger partial charge in [0.25, 0.3) is 0 Å². The Morgan fingerprint density at radius 2 is 2.06 bits per heavy atom. The summed E-state index contributed by atoms with van der Waals surface area (Å²) in [5, 5.41) is 2.81. The lowest BCUT2D eigenvalue weighted by atomic mass is 10.2. The lowest BCUT2D eigenvalue weighted by molar-refractivity contribution is -0.118. The summed E-state index contributed by atoms with van der Waals surface area (Å²) in [5.74, 6) is -0.0841. The summed E-state index contributed by atoms with van der Waals surface area (Å²) in [6, 6.07) is 7.70. The first-order chi connectivity index (χ1) is 8.19. The van der Waals surface area contributed by atoms with Gasteiger partial charge >= 0.3 is 0 Å². The molecule has 0 aliphatic carbocycles. The second-order valence-electron chi connectivity index (χ2n) is 3.57. The third-order valence-electron chi connectivity index (χ3n) is 2.38. The number of carbonyl (C=O) groups is 1. The van der Waals surface area contributed by atoms with E-state index < -0.39 is 0 Å². The van der Waals surface area contributed by atoms with E-state index in [0.717, 1.165) is 5.69 Å². The van der Waals surface area contributed by atoms with Crippen molar-refractivity contribution in [3.8, 4) is 0 Å². The van der Waals surface area contributed by atoms with Gasteiger partial charge in [-0.3, -0.25) is 4.79 Å². The van der Waals surface area contributed by atoms with Crippen molar-refractivity contribution in [2.24, 2.45) is 5.73 Å². The van der Waals surface area contributed by atoms with Crippen molar-refractivity contribution in [1.29, 1.82) is 0 Å². The molecule has 3 N–H and O–H groups in total. The Morgan fingerprint density at radius 3 is 2.50 bits per heavy atom. The van der Waals surface area contributed by atoms with Gasteiger partial charge in [-0.25, -0.2) is 0 Å². The molecule has 0 aliphatic rings. The zero-order chi connectivity index (χ0) is 12.7. The maximum atomic E-state index is 11.6. The summed E-state index contributed by atoms with van der Waals surface area (Å²) in [5.41, 5.74) is 6.25. The lowest BCUT2D eigenvalue weighted by Gasteiger charge is -2.12. The molecule has 102 valence electrons. The number of benzene rings is 1. The van der Waals surface area contributed by atoms with Gasteiger partial charge in [-0.1, -0.05) is 0 Å². The number of methoxy groups -OCH3 is 1. The number of anilines is 1. The van der Waals surface area contributed by atoms with E-state index in [4.69, 9.17) is 10.5 Å². The second kappa shape index (κ2) is 9.22. The number of amides is 1. The van der Waals surface area contributed by atoms with Gasteiger partial charge in [0.15, 0.2) is 0 Å². The standard InChI is InChI=1S/C12H18N2O2S.ClH/c1-16-10(8-13)7-12(15)14-9-3-5-11(17-2)6-4-9;/h3-6,10H,7-8,13H2,1-2H3,(H,14,15);1H. The van der Waals surface area contributed by atoms with Crippen LogP contribution in [0.15, 0.2) is 29.2 Å². The van der Waals surface area contributed by atoms with Gasteiger partial charge in [0.2, 0.25) is 5.91 Å². The molecular formula is C12H19ClN2O2S. The Kier molecular flexibility index (Phi) is 8.83. The number of ether oxygens (including phenoxy) is 1. The molecule has 1 aromatic rings. The van der Waals surface area contributed by atoms with E-state index in [9.17, 15) is 4.79 Å². The average molecular weight is 291 g/mol. The third kappa shape index (κ3) is 5.73. The highest BCUT2D eigenvalue weighted by Gasteiger charge is 2.11. The molecule has 0 saturated heterocycles. The van der Waals surface area contributed by atoms with Gasteiger partial charge in [0.05, 0.1) is 12.5 Å². The number of carbonyl (C=O) groups excluding carboxylic acids is 1. The van der Waals surface area contributed by atoms with Crippen LogP contribution in [0.2, 0.25) is 0 Å². The summed E-state index contributed by atoms with van der Waals surface area (Å²) >= 11 is 1.67. The quantitative estimate of drug-likeness (QED) is 0.788. The predicted octanol–water partition coefficient (Wildman–Crippen LogP) is 2.13. The number of rotatable bonds is 6. The molecule has 4 nitrogen and oxygen atoms in total. The van der Waals surface area contributed by atoms with Gasteiger partial charge in [-0.05, 0) is 30.5 Å². The number of hydrogen-bond acceptors (Lipinski definition) is 4. The SMILES string of the molecule is COC(CN)CC(=O)Nc1ccc(SC)cc1.Cl. The minimum atomic E-state index is -0.222. The molecule has 1 unspecified atom stereocenters. The van der Waals surface area contributed by atoms with Crippen molar-refractivity contribution < 1.29 is 9.53 Å². The first-order valence-corrected chi connectivity index (χ1v) is 6.58. The van der Waals surface area contributed by atoms with E-state index in [2.05, 4.69) is 5.32 Å². The van der Waals surface area contributed by atoms with Crippen molar-refractivity contribution in [2.75, 3.05) is 25.2 Å². The zero-order valence-electron chi connectivity index (χ0n) is 10.5. The zero-order valence-corrected chi connectivity index (χ0v) is 12.1. The topological polar surface area (TPSA) is 64.3 Å². The van der Waals surface area contributed by atoms with E-state index in [1.807, 2.05) is 30.5 Å². The van der Waals surface area contributed by atoms with E-state index in [1.165, 1.54) is 4.90 Å². The Hall–Kier alpha value is -0.750. The van der Waals surface area contributed by atoms with Crippen LogP contribution in [0.1, 0.15) is 6.42 Å². The van der Waals surface area contributed by atoms with Crippen molar-refractivity contribution in [3.05, 3.63) is 24.3 Å². The molecule has 0 heterocycles. The number of hydrogen-bond donors (Lipinski definition) is 2. The average Bonchev–Trinajstić information content (AvgIpc) is 2.37. The van der Waals surface area contributed by atoms with Crippen LogP contribution in [0.4, 0.5) is 5.69 Å². The molecule has 0 spiro atoms. The second-order valence-corrected chi connectivity index (χ2v) is 4.45. The summed E-state index contributed by atoms with van der Waals surface area (Å²) in [4.78, 5) is 12.8. The van der Waals surface area contributed by atoms with E-state index in [-0.39, 0.29) is 30.8 Å². The lowest BCUT2D eigenvalue weighted by Crippen LogP contribution is -2.28. The van der Waals surface area contributed by atoms with Crippen molar-refractivity contribution in [1.82, 2.24) is 0 Å². The fourth-order valence-electron chi connectivity index (χ4n) is 1.36. The first-order valence-electron chi connectivity index (χ1n) is 5.36. The first kappa shape index (κ1) is 17.2. The molecule has 0 saturated carbocycles. The van der Waals surface area contributed by atoms with E-state index >= 15 is 0 Å². The predicted molar refractivity (Wildman–Crippen MR) is 78.6 cm³/mol. The van der Waals surface area contributed by atoms with Crippen LogP contribution >= 0.6 is 24.2 Å². The smallest absolute Gasteiger partial charge is 0.227 e. The van der Waals surface area contributed by atoms with Crippen LogP contribution in [0.3, 0.4) is 0 Å². The summed E-state index contributed by atoms with van der Waals surface area (Å²) in [7, 11) is 1.55. The van der Waals surface area contributed by atoms with Crippen LogP contribution in [0, 0.1) is 0 Å². The maximum absolute atomic E-state index is 11.6. The van der Waals surface area contributed by atoms with Crippen LogP contribution in [-0.4, -0.2) is 31.9 Å². The Labute approximate surface area is 118 Å². The fourth-order valence-corrected chi connectivity index (χ4v) is 1.76. The van der Waals surface area contributed by atoms with Crippen LogP contribution in [0.5, 0.6) is 0 Å². The van der Waals surface area contributed by atoms with Crippen LogP contribution in [0.25, 0.3) is 0 Å². The van der Waals surface area contributed by atoms with E-state index in [0.29, 0.717) is 6.54 Å². The largest absolute Gasteiger partial charge is 0.380 e. The maximum Gasteiger partial charge on any atom is 0.227 e. The minimum Gasteiger partial charge on any atom is -0.380 e. The summed E-state index contributed by atoms with van der Waals surface area (Å²) in [6.45, 7) is 0.343. The molecule has 1 amide bonds. The molecule has 0 aromatic heterocycles. The van der Waals surface area contributed by atoms with Crippen molar-refractivity contribution in [3.63, 3.8) is 0 Å². The normalized spacial score (nSPS) is 11.5. The molecule has 0 aliphatic heterocycles. The van der Waals surface area contributed by atoms with Crippen molar-refractivity contribution >= 4 is 35.8 Å². The molecule has 0 radical (unpaired) electrons. The summed E-state index contributed by atoms with van der Waals surface area (Å²) in [6.07, 6.45) is 2.07. The van der Waals surface area contributed by atoms with Gasteiger partial charge in [-0.15, -0.1) is 24.2 Å². The number of nitrogens with one attached hydrogen (secondary N) is 1. The van der Waals surface area contributed by atoms with E-state index in [1.54, 1.807) is 18.9 Å². The molecule has 6 heteroatoms. The summed E-state index contributed by atoms with van der Waals surface area (Å²) < 4.78 is 5.06. The molecule has 1 aromatic carbocycles. The highest BCUT2D eigenvalue weighted by Crippen LogP contribution is 2.17. The number of halogens is 1. The fraction of sp³-hybridized carbons (Fsp3) is 0.417. The molecule has 1 atom stereocenters. The Balaban J connectivity index is 0.00000289. The molecular weight excluding hydrogens is 272 g/mol. The van der Waals surface area contributed by atoms with Crippen LogP contribution < -0.4 is 11.1 Å². The highest BCUT2D eigenvalue weighted by atomic mass is 35.5. The van der Waals surface area contributed by atoms with Gasteiger partial charge in [0.1, 0.15) is 0 Å². The molecule has 0 bridgehead atoms. The molecule has 18 heavy (non-hydrogen) atoms. The highest BCUT2D eigenvalue weighted by molar-refractivity contribution is 7.98. The van der Waals surface area contributed by atoms with Crippen molar-refractivity contribution in [2.45, 2.75) is 17.4 Å². The Morgan fingerprint density at radius 1 is 1.44 bits per heavy atom. The van der Waals surface area contributed by atoms with Crippen LogP contribution in [-0.2, 0) is 9.53 Å². The third-order valence-corrected chi connectivity index (χ3v) is 3.13. The monoisotopic (exact) mass is 290 g/mol. The Bertz CT molecular complexity index is 356. The molecule has 1 rings (SSSR count). The van der Waals surface area contributed by atoms with Gasteiger partial charge in [0, 0.05) is 24.2 Å². The van der Waals surface area contributed by atoms with Gasteiger partial charge < -0.3 is 15.8 Å².